The lowest BCUT2D eigenvalue weighted by atomic mass is 10.1. The van der Waals surface area contributed by atoms with Crippen molar-refractivity contribution in [1.29, 1.82) is 5.26 Å². The van der Waals surface area contributed by atoms with Crippen LogP contribution in [0.4, 0.5) is 0 Å². The van der Waals surface area contributed by atoms with E-state index in [9.17, 15) is 0 Å². The van der Waals surface area contributed by atoms with E-state index in [-0.39, 0.29) is 0 Å². The van der Waals surface area contributed by atoms with E-state index in [1.165, 1.54) is 0 Å². The first-order chi connectivity index (χ1) is 8.58. The van der Waals surface area contributed by atoms with E-state index >= 15 is 0 Å². The van der Waals surface area contributed by atoms with Crippen LogP contribution in [0, 0.1) is 11.3 Å². The molecule has 0 amide bonds. The Morgan fingerprint density at radius 3 is 2.33 bits per heavy atom. The highest BCUT2D eigenvalue weighted by molar-refractivity contribution is 9.12. The lowest BCUT2D eigenvalue weighted by Crippen LogP contribution is -1.86. The summed E-state index contributed by atoms with van der Waals surface area (Å²) in [6.45, 7) is 5.99. The number of aliphatic imine (C=N–C) groups is 1. The minimum atomic E-state index is 0.658. The fraction of sp³-hybridized carbons (Fsp3) is 0.200. The summed E-state index contributed by atoms with van der Waals surface area (Å²) in [6, 6.07) is 9.56. The third-order valence-electron chi connectivity index (χ3n) is 2.35. The second-order valence-corrected chi connectivity index (χ2v) is 4.89. The summed E-state index contributed by atoms with van der Waals surface area (Å²) in [6.07, 6.45) is 3.71. The highest BCUT2D eigenvalue weighted by Crippen LogP contribution is 2.21. The van der Waals surface area contributed by atoms with Gasteiger partial charge in [0.1, 0.15) is 0 Å². The normalized spacial score (nSPS) is 11.4. The first-order valence-corrected chi connectivity index (χ1v) is 6.41. The molecule has 92 valence electrons. The number of benzene rings is 1. The van der Waals surface area contributed by atoms with E-state index < -0.39 is 0 Å². The third kappa shape index (κ3) is 3.97. The second kappa shape index (κ2) is 6.93. The molecule has 0 spiro atoms. The van der Waals surface area contributed by atoms with Crippen molar-refractivity contribution in [2.75, 3.05) is 0 Å². The molecule has 3 heteroatoms. The molecule has 1 rings (SSSR count). The molecule has 18 heavy (non-hydrogen) atoms. The van der Waals surface area contributed by atoms with E-state index in [1.807, 2.05) is 39.0 Å². The molecule has 0 saturated carbocycles. The first-order valence-electron chi connectivity index (χ1n) is 5.62. The molecule has 1 aromatic carbocycles. The Bertz CT molecular complexity index is 539. The molecular formula is C15H15BrN2. The maximum atomic E-state index is 8.78. The van der Waals surface area contributed by atoms with Crippen molar-refractivity contribution >= 4 is 27.8 Å². The van der Waals surface area contributed by atoms with Crippen molar-refractivity contribution in [3.05, 3.63) is 51.5 Å². The van der Waals surface area contributed by atoms with Crippen molar-refractivity contribution in [2.24, 2.45) is 4.99 Å². The Morgan fingerprint density at radius 2 is 1.89 bits per heavy atom. The third-order valence-corrected chi connectivity index (χ3v) is 3.02. The Labute approximate surface area is 116 Å². The number of hydrogen-bond donors (Lipinski definition) is 0. The minimum absolute atomic E-state index is 0.658. The Hall–Kier alpha value is -1.66. The topological polar surface area (TPSA) is 36.1 Å². The zero-order chi connectivity index (χ0) is 13.5. The van der Waals surface area contributed by atoms with Crippen LogP contribution in [0.15, 0.2) is 45.4 Å². The Morgan fingerprint density at radius 1 is 1.28 bits per heavy atom. The van der Waals surface area contributed by atoms with Crippen molar-refractivity contribution in [1.82, 2.24) is 0 Å². The average molecular weight is 303 g/mol. The van der Waals surface area contributed by atoms with Crippen molar-refractivity contribution < 1.29 is 0 Å². The number of halogens is 1. The monoisotopic (exact) mass is 302 g/mol. The maximum absolute atomic E-state index is 8.78. The average Bonchev–Trinajstić information content (AvgIpc) is 2.39. The standard InChI is InChI=1S/C15H15BrN2/c1-4-14(16)10-18-15(11(2)3)13-7-5-12(9-17)6-8-13/h4-8,10H,1-3H3/b14-4+,18-10?. The smallest absolute Gasteiger partial charge is 0.0991 e. The number of nitriles is 1. The number of rotatable bonds is 3. The van der Waals surface area contributed by atoms with Crippen LogP contribution in [0.3, 0.4) is 0 Å². The Kier molecular flexibility index (Phi) is 5.54. The number of nitrogens with zero attached hydrogens (tertiary/aromatic N) is 2. The van der Waals surface area contributed by atoms with Gasteiger partial charge in [-0.15, -0.1) is 0 Å². The molecule has 0 heterocycles. The maximum Gasteiger partial charge on any atom is 0.0991 e. The largest absolute Gasteiger partial charge is 0.255 e. The molecule has 0 aliphatic heterocycles. The number of allylic oxidation sites excluding steroid dienone is 3. The van der Waals surface area contributed by atoms with Crippen molar-refractivity contribution in [3.63, 3.8) is 0 Å². The van der Waals surface area contributed by atoms with Gasteiger partial charge < -0.3 is 0 Å². The lowest BCUT2D eigenvalue weighted by Gasteiger charge is -2.05. The fourth-order valence-electron chi connectivity index (χ4n) is 1.40. The molecule has 0 aliphatic carbocycles. The molecule has 0 atom stereocenters. The molecule has 0 fully saturated rings. The predicted molar refractivity (Wildman–Crippen MR) is 80.6 cm³/mol. The SMILES string of the molecule is C/C=C(/Br)C=NC(=C(C)C)c1ccc(C#N)cc1. The molecule has 0 bridgehead atoms. The molecule has 0 radical (unpaired) electrons. The van der Waals surface area contributed by atoms with E-state index in [2.05, 4.69) is 27.0 Å². The van der Waals surface area contributed by atoms with Crippen LogP contribution in [0.2, 0.25) is 0 Å². The van der Waals surface area contributed by atoms with Crippen LogP contribution in [-0.4, -0.2) is 6.21 Å². The summed E-state index contributed by atoms with van der Waals surface area (Å²) < 4.78 is 0.940. The first kappa shape index (κ1) is 14.4. The quantitative estimate of drug-likeness (QED) is 0.747. The van der Waals surface area contributed by atoms with Gasteiger partial charge >= 0.3 is 0 Å². The summed E-state index contributed by atoms with van der Waals surface area (Å²) in [5.41, 5.74) is 3.73. The van der Waals surface area contributed by atoms with Crippen LogP contribution in [-0.2, 0) is 0 Å². The highest BCUT2D eigenvalue weighted by atomic mass is 79.9. The van der Waals surface area contributed by atoms with Crippen molar-refractivity contribution in [2.45, 2.75) is 20.8 Å². The van der Waals surface area contributed by atoms with Gasteiger partial charge in [-0.25, -0.2) is 0 Å². The molecule has 0 N–H and O–H groups in total. The summed E-state index contributed by atoms with van der Waals surface area (Å²) in [5, 5.41) is 8.78. The molecule has 0 aliphatic rings. The summed E-state index contributed by atoms with van der Waals surface area (Å²) in [7, 11) is 0. The van der Waals surface area contributed by atoms with E-state index in [0.717, 1.165) is 21.3 Å². The van der Waals surface area contributed by atoms with Crippen LogP contribution in [0.25, 0.3) is 5.70 Å². The van der Waals surface area contributed by atoms with Crippen LogP contribution < -0.4 is 0 Å². The van der Waals surface area contributed by atoms with Gasteiger partial charge in [-0.3, -0.25) is 4.99 Å². The highest BCUT2D eigenvalue weighted by Gasteiger charge is 2.02. The molecule has 0 aromatic heterocycles. The zero-order valence-corrected chi connectivity index (χ0v) is 12.3. The Balaban J connectivity index is 3.11. The minimum Gasteiger partial charge on any atom is -0.255 e. The predicted octanol–water partition coefficient (Wildman–Crippen LogP) is 4.68. The van der Waals surface area contributed by atoms with Crippen LogP contribution in [0.1, 0.15) is 31.9 Å². The summed E-state index contributed by atoms with van der Waals surface area (Å²) >= 11 is 3.40. The second-order valence-electron chi connectivity index (χ2n) is 3.97. The van der Waals surface area contributed by atoms with Gasteiger partial charge in [0.15, 0.2) is 0 Å². The number of hydrogen-bond acceptors (Lipinski definition) is 2. The van der Waals surface area contributed by atoms with Gasteiger partial charge in [0, 0.05) is 16.3 Å². The van der Waals surface area contributed by atoms with E-state index in [0.29, 0.717) is 5.56 Å². The lowest BCUT2D eigenvalue weighted by molar-refractivity contribution is 1.34. The summed E-state index contributed by atoms with van der Waals surface area (Å²) in [4.78, 5) is 4.48. The van der Waals surface area contributed by atoms with Crippen molar-refractivity contribution in [3.8, 4) is 6.07 Å². The van der Waals surface area contributed by atoms with Gasteiger partial charge in [0.25, 0.3) is 0 Å². The molecule has 1 aromatic rings. The van der Waals surface area contributed by atoms with Crippen LogP contribution >= 0.6 is 15.9 Å². The molecule has 0 saturated heterocycles. The van der Waals surface area contributed by atoms with Crippen LogP contribution in [0.5, 0.6) is 0 Å². The fourth-order valence-corrected chi connectivity index (χ4v) is 1.50. The van der Waals surface area contributed by atoms with E-state index in [1.54, 1.807) is 18.3 Å². The molecular weight excluding hydrogens is 288 g/mol. The van der Waals surface area contributed by atoms with Gasteiger partial charge in [0.2, 0.25) is 0 Å². The van der Waals surface area contributed by atoms with Gasteiger partial charge in [-0.05, 0) is 48.8 Å². The summed E-state index contributed by atoms with van der Waals surface area (Å²) in [5.74, 6) is 0. The van der Waals surface area contributed by atoms with E-state index in [4.69, 9.17) is 5.26 Å². The van der Waals surface area contributed by atoms with Gasteiger partial charge in [-0.1, -0.05) is 23.8 Å². The molecule has 0 unspecified atom stereocenters. The van der Waals surface area contributed by atoms with Gasteiger partial charge in [-0.2, -0.15) is 5.26 Å². The molecule has 2 nitrogen and oxygen atoms in total. The zero-order valence-electron chi connectivity index (χ0n) is 10.7. The van der Waals surface area contributed by atoms with Gasteiger partial charge in [0.05, 0.1) is 17.3 Å².